The van der Waals surface area contributed by atoms with E-state index in [9.17, 15) is 26.4 Å². The zero-order chi connectivity index (χ0) is 24.4. The summed E-state index contributed by atoms with van der Waals surface area (Å²) in [7, 11) is -3.17. The van der Waals surface area contributed by atoms with Gasteiger partial charge in [0.1, 0.15) is 0 Å². The molecule has 0 aliphatic carbocycles. The summed E-state index contributed by atoms with van der Waals surface area (Å²) in [4.78, 5) is 19.1. The van der Waals surface area contributed by atoms with Crippen molar-refractivity contribution < 1.29 is 26.4 Å². The average molecular weight is 484 g/mol. The van der Waals surface area contributed by atoms with E-state index in [4.69, 9.17) is 0 Å². The highest BCUT2D eigenvalue weighted by Gasteiger charge is 2.35. The van der Waals surface area contributed by atoms with Crippen molar-refractivity contribution >= 4 is 15.7 Å². The van der Waals surface area contributed by atoms with E-state index in [1.54, 1.807) is 13.0 Å². The van der Waals surface area contributed by atoms with Gasteiger partial charge in [-0.3, -0.25) is 14.7 Å². The number of fused-ring (bicyclic) bond motifs is 1. The maximum Gasteiger partial charge on any atom is 0.416 e. The normalized spacial score (nSPS) is 16.8. The molecule has 2 aromatic rings. The molecule has 0 saturated carbocycles. The van der Waals surface area contributed by atoms with E-state index in [2.05, 4.69) is 29.0 Å². The highest BCUT2D eigenvalue weighted by atomic mass is 32.2. The summed E-state index contributed by atoms with van der Waals surface area (Å²) in [5, 5.41) is 2.62. The lowest BCUT2D eigenvalue weighted by Crippen LogP contribution is -2.29. The molecule has 1 atom stereocenters. The van der Waals surface area contributed by atoms with Crippen LogP contribution in [0.1, 0.15) is 59.6 Å². The second kappa shape index (κ2) is 9.80. The van der Waals surface area contributed by atoms with Crippen LogP contribution in [-0.4, -0.2) is 42.3 Å². The van der Waals surface area contributed by atoms with Crippen LogP contribution in [0, 0.1) is 5.92 Å². The van der Waals surface area contributed by atoms with Gasteiger partial charge in [-0.2, -0.15) is 13.2 Å². The highest BCUT2D eigenvalue weighted by molar-refractivity contribution is 7.91. The smallest absolute Gasteiger partial charge is 0.351 e. The molecule has 1 amide bonds. The van der Waals surface area contributed by atoms with Crippen LogP contribution in [0.3, 0.4) is 0 Å². The zero-order valence-electron chi connectivity index (χ0n) is 18.8. The molecule has 0 spiro atoms. The lowest BCUT2D eigenvalue weighted by Gasteiger charge is -2.27. The first-order valence-corrected chi connectivity index (χ1v) is 12.6. The molecule has 1 aromatic carbocycles. The van der Waals surface area contributed by atoms with Crippen LogP contribution >= 0.6 is 0 Å². The first kappa shape index (κ1) is 25.2. The van der Waals surface area contributed by atoms with Gasteiger partial charge in [-0.15, -0.1) is 0 Å². The molecule has 1 aliphatic rings. The third-order valence-electron chi connectivity index (χ3n) is 5.75. The van der Waals surface area contributed by atoms with Crippen LogP contribution in [0.25, 0.3) is 0 Å². The van der Waals surface area contributed by atoms with Crippen LogP contribution in [0.5, 0.6) is 0 Å². The number of rotatable bonds is 8. The van der Waals surface area contributed by atoms with Crippen molar-refractivity contribution in [1.29, 1.82) is 0 Å². The average Bonchev–Trinajstić information content (AvgIpc) is 3.10. The third kappa shape index (κ3) is 6.11. The Bertz CT molecular complexity index is 1100. The summed E-state index contributed by atoms with van der Waals surface area (Å²) >= 11 is 0. The van der Waals surface area contributed by atoms with Gasteiger partial charge in [0.2, 0.25) is 0 Å². The van der Waals surface area contributed by atoms with Crippen molar-refractivity contribution in [3.05, 3.63) is 64.5 Å². The van der Waals surface area contributed by atoms with Gasteiger partial charge in [-0.25, -0.2) is 8.42 Å². The number of hydrogen-bond donors (Lipinski definition) is 1. The molecule has 0 saturated heterocycles. The SMILES string of the molecule is CCS(=O)(=O)CCNC(=O)c1cnc2c(c1)CN(Cc1ccc(C(F)(F)F)cc1)[C@H]2C(C)C. The topological polar surface area (TPSA) is 79.4 Å². The second-order valence-electron chi connectivity index (χ2n) is 8.55. The van der Waals surface area contributed by atoms with Gasteiger partial charge in [-0.1, -0.05) is 32.9 Å². The maximum absolute atomic E-state index is 12.8. The number of hydrogen-bond acceptors (Lipinski definition) is 5. The molecule has 3 rings (SSSR count). The van der Waals surface area contributed by atoms with Crippen molar-refractivity contribution in [3.63, 3.8) is 0 Å². The lowest BCUT2D eigenvalue weighted by atomic mass is 9.99. The van der Waals surface area contributed by atoms with Gasteiger partial charge in [0.05, 0.1) is 28.6 Å². The molecule has 0 bridgehead atoms. The zero-order valence-corrected chi connectivity index (χ0v) is 19.6. The molecule has 1 aromatic heterocycles. The summed E-state index contributed by atoms with van der Waals surface area (Å²) < 4.78 is 61.7. The third-order valence-corrected chi connectivity index (χ3v) is 7.45. The number of amides is 1. The summed E-state index contributed by atoms with van der Waals surface area (Å²) in [6.07, 6.45) is -2.88. The number of nitrogens with zero attached hydrogens (tertiary/aromatic N) is 2. The van der Waals surface area contributed by atoms with Gasteiger partial charge < -0.3 is 5.32 Å². The van der Waals surface area contributed by atoms with E-state index in [1.807, 2.05) is 0 Å². The fourth-order valence-electron chi connectivity index (χ4n) is 4.02. The first-order valence-electron chi connectivity index (χ1n) is 10.8. The maximum atomic E-state index is 12.8. The predicted octanol–water partition coefficient (Wildman–Crippen LogP) is 3.98. The van der Waals surface area contributed by atoms with E-state index < -0.39 is 21.6 Å². The Balaban J connectivity index is 1.73. The van der Waals surface area contributed by atoms with Crippen molar-refractivity contribution in [2.24, 2.45) is 5.92 Å². The molecule has 1 N–H and O–H groups in total. The van der Waals surface area contributed by atoms with Crippen LogP contribution < -0.4 is 5.32 Å². The molecule has 2 heterocycles. The number of carbonyl (C=O) groups excluding carboxylic acids is 1. The van der Waals surface area contributed by atoms with E-state index in [-0.39, 0.29) is 35.9 Å². The van der Waals surface area contributed by atoms with E-state index in [0.717, 1.165) is 29.0 Å². The van der Waals surface area contributed by atoms with Crippen molar-refractivity contribution in [1.82, 2.24) is 15.2 Å². The van der Waals surface area contributed by atoms with E-state index in [1.165, 1.54) is 18.3 Å². The number of carbonyl (C=O) groups is 1. The molecule has 6 nitrogen and oxygen atoms in total. The molecular weight excluding hydrogens is 455 g/mol. The summed E-state index contributed by atoms with van der Waals surface area (Å²) in [6.45, 7) is 6.65. The van der Waals surface area contributed by atoms with E-state index in [0.29, 0.717) is 18.7 Å². The largest absolute Gasteiger partial charge is 0.416 e. The number of halogens is 3. The predicted molar refractivity (Wildman–Crippen MR) is 119 cm³/mol. The molecular formula is C23H28F3N3O3S. The summed E-state index contributed by atoms with van der Waals surface area (Å²) in [5.41, 5.74) is 2.16. The Labute approximate surface area is 192 Å². The number of sulfone groups is 1. The molecule has 10 heteroatoms. The van der Waals surface area contributed by atoms with Crippen molar-refractivity contribution in [3.8, 4) is 0 Å². The fraction of sp³-hybridized carbons (Fsp3) is 0.478. The van der Waals surface area contributed by atoms with Gasteiger partial charge in [0, 0.05) is 31.6 Å². The van der Waals surface area contributed by atoms with E-state index >= 15 is 0 Å². The number of alkyl halides is 3. The molecule has 0 fully saturated rings. The summed E-state index contributed by atoms with van der Waals surface area (Å²) in [6, 6.07) is 6.87. The molecule has 33 heavy (non-hydrogen) atoms. The van der Waals surface area contributed by atoms with Gasteiger partial charge in [0.25, 0.3) is 5.91 Å². The Morgan fingerprint density at radius 1 is 1.24 bits per heavy atom. The molecule has 0 radical (unpaired) electrons. The minimum absolute atomic E-state index is 0.0224. The first-order chi connectivity index (χ1) is 15.4. The minimum atomic E-state index is -4.37. The van der Waals surface area contributed by atoms with Crippen molar-refractivity contribution in [2.45, 2.75) is 46.1 Å². The number of aromatic nitrogens is 1. The number of benzene rings is 1. The summed E-state index contributed by atoms with van der Waals surface area (Å²) in [5.74, 6) is -0.288. The Kier molecular flexibility index (Phi) is 7.48. The minimum Gasteiger partial charge on any atom is -0.351 e. The number of pyridine rings is 1. The Morgan fingerprint density at radius 2 is 1.91 bits per heavy atom. The van der Waals surface area contributed by atoms with Gasteiger partial charge >= 0.3 is 6.18 Å². The molecule has 180 valence electrons. The monoisotopic (exact) mass is 483 g/mol. The van der Waals surface area contributed by atoms with Crippen LogP contribution in [0.4, 0.5) is 13.2 Å². The fourth-order valence-corrected chi connectivity index (χ4v) is 4.72. The number of nitrogens with one attached hydrogen (secondary N) is 1. The quantitative estimate of drug-likeness (QED) is 0.615. The lowest BCUT2D eigenvalue weighted by molar-refractivity contribution is -0.137. The molecule has 0 unspecified atom stereocenters. The molecule has 1 aliphatic heterocycles. The van der Waals surface area contributed by atoms with Gasteiger partial charge in [0.15, 0.2) is 9.84 Å². The highest BCUT2D eigenvalue weighted by Crippen LogP contribution is 2.39. The van der Waals surface area contributed by atoms with Crippen molar-refractivity contribution in [2.75, 3.05) is 18.1 Å². The van der Waals surface area contributed by atoms with Gasteiger partial charge in [-0.05, 0) is 35.2 Å². The van der Waals surface area contributed by atoms with Crippen LogP contribution in [0.15, 0.2) is 36.5 Å². The Morgan fingerprint density at radius 3 is 2.48 bits per heavy atom. The second-order valence-corrected chi connectivity index (χ2v) is 11.0. The Hall–Kier alpha value is -2.46. The van der Waals surface area contributed by atoms with Crippen LogP contribution in [-0.2, 0) is 29.1 Å². The standard InChI is InChI=1S/C23H28F3N3O3S/c1-4-33(31,32)10-9-27-22(30)17-11-18-14-29(21(15(2)3)20(18)28-12-17)13-16-5-7-19(8-6-16)23(24,25)26/h5-8,11-12,15,21H,4,9-10,13-14H2,1-3H3,(H,27,30)/t21-/m0/s1. The van der Waals surface area contributed by atoms with Crippen LogP contribution in [0.2, 0.25) is 0 Å².